The summed E-state index contributed by atoms with van der Waals surface area (Å²) in [5.41, 5.74) is 6.20. The minimum absolute atomic E-state index is 0.428. The zero-order valence-electron chi connectivity index (χ0n) is 9.52. The fraction of sp³-hybridized carbons (Fsp3) is 0.583. The first-order chi connectivity index (χ1) is 7.62. The van der Waals surface area contributed by atoms with E-state index in [9.17, 15) is 5.11 Å². The van der Waals surface area contributed by atoms with E-state index in [1.165, 1.54) is 0 Å². The van der Waals surface area contributed by atoms with Gasteiger partial charge < -0.3 is 15.6 Å². The Kier molecular flexibility index (Phi) is 3.12. The second-order valence-corrected chi connectivity index (χ2v) is 4.53. The second kappa shape index (κ2) is 4.39. The lowest BCUT2D eigenvalue weighted by molar-refractivity contribution is -0.0767. The summed E-state index contributed by atoms with van der Waals surface area (Å²) < 4.78 is 5.60. The van der Waals surface area contributed by atoms with Gasteiger partial charge >= 0.3 is 0 Å². The monoisotopic (exact) mass is 222 g/mol. The third kappa shape index (κ3) is 2.18. The maximum atomic E-state index is 10.2. The highest BCUT2D eigenvalue weighted by Gasteiger charge is 2.37. The van der Waals surface area contributed by atoms with Crippen LogP contribution in [0.15, 0.2) is 18.3 Å². The summed E-state index contributed by atoms with van der Waals surface area (Å²) in [7, 11) is 0. The highest BCUT2D eigenvalue weighted by molar-refractivity contribution is 5.39. The molecule has 0 radical (unpaired) electrons. The van der Waals surface area contributed by atoms with Gasteiger partial charge in [0, 0.05) is 19.2 Å². The van der Waals surface area contributed by atoms with Gasteiger partial charge in [0.1, 0.15) is 5.82 Å². The van der Waals surface area contributed by atoms with Crippen molar-refractivity contribution in [3.05, 3.63) is 23.9 Å². The molecule has 16 heavy (non-hydrogen) atoms. The fourth-order valence-corrected chi connectivity index (χ4v) is 2.11. The topological polar surface area (TPSA) is 68.4 Å². The minimum atomic E-state index is -0.526. The first-order valence-corrected chi connectivity index (χ1v) is 5.63. The van der Waals surface area contributed by atoms with Crippen molar-refractivity contribution in [2.24, 2.45) is 0 Å². The summed E-state index contributed by atoms with van der Waals surface area (Å²) in [5.74, 6) is 0.489. The summed E-state index contributed by atoms with van der Waals surface area (Å²) >= 11 is 0. The number of aliphatic hydroxyl groups excluding tert-OH is 1. The van der Waals surface area contributed by atoms with Crippen molar-refractivity contribution in [3.8, 4) is 0 Å². The van der Waals surface area contributed by atoms with Crippen molar-refractivity contribution in [1.82, 2.24) is 4.98 Å². The molecule has 4 nitrogen and oxygen atoms in total. The molecule has 1 aliphatic heterocycles. The molecule has 0 amide bonds. The largest absolute Gasteiger partial charge is 0.390 e. The highest BCUT2D eigenvalue weighted by atomic mass is 16.5. The number of hydrogen-bond donors (Lipinski definition) is 2. The molecule has 0 saturated carbocycles. The number of anilines is 1. The van der Waals surface area contributed by atoms with Crippen LogP contribution in [0.25, 0.3) is 0 Å². The fourth-order valence-electron chi connectivity index (χ4n) is 2.11. The third-order valence-electron chi connectivity index (χ3n) is 3.29. The zero-order chi connectivity index (χ0) is 11.6. The molecule has 1 aliphatic rings. The quantitative estimate of drug-likeness (QED) is 0.804. The second-order valence-electron chi connectivity index (χ2n) is 4.53. The first kappa shape index (κ1) is 11.4. The highest BCUT2D eigenvalue weighted by Crippen LogP contribution is 2.30. The number of rotatable bonds is 3. The molecule has 1 fully saturated rings. The van der Waals surface area contributed by atoms with Crippen LogP contribution in [0.1, 0.15) is 25.3 Å². The van der Waals surface area contributed by atoms with Crippen LogP contribution in [0.5, 0.6) is 0 Å². The van der Waals surface area contributed by atoms with Crippen LogP contribution in [0.4, 0.5) is 5.82 Å². The molecule has 0 aliphatic carbocycles. The van der Waals surface area contributed by atoms with Crippen LogP contribution in [-0.4, -0.2) is 28.4 Å². The number of nitrogens with two attached hydrogens (primary N) is 1. The molecule has 88 valence electrons. The van der Waals surface area contributed by atoms with Gasteiger partial charge in [-0.05, 0) is 31.4 Å². The molecule has 2 atom stereocenters. The summed E-state index contributed by atoms with van der Waals surface area (Å²) in [6.07, 6.45) is 3.53. The van der Waals surface area contributed by atoms with Crippen LogP contribution in [0.2, 0.25) is 0 Å². The maximum absolute atomic E-state index is 10.2. The van der Waals surface area contributed by atoms with E-state index in [4.69, 9.17) is 10.5 Å². The summed E-state index contributed by atoms with van der Waals surface area (Å²) in [5, 5.41) is 10.2. The van der Waals surface area contributed by atoms with Crippen LogP contribution in [0, 0.1) is 0 Å². The Bertz CT molecular complexity index is 362. The Hall–Kier alpha value is -1.13. The number of pyridine rings is 1. The number of nitrogens with zero attached hydrogens (tertiary/aromatic N) is 1. The predicted octanol–water partition coefficient (Wildman–Crippen LogP) is 1.14. The number of aromatic nitrogens is 1. The van der Waals surface area contributed by atoms with E-state index >= 15 is 0 Å². The van der Waals surface area contributed by atoms with Crippen molar-refractivity contribution in [2.45, 2.75) is 37.9 Å². The summed E-state index contributed by atoms with van der Waals surface area (Å²) in [6, 6.07) is 3.72. The van der Waals surface area contributed by atoms with Gasteiger partial charge in [0.25, 0.3) is 0 Å². The Labute approximate surface area is 95.4 Å². The Morgan fingerprint density at radius 1 is 1.69 bits per heavy atom. The molecule has 2 unspecified atom stereocenters. The van der Waals surface area contributed by atoms with Crippen LogP contribution < -0.4 is 5.73 Å². The van der Waals surface area contributed by atoms with Crippen LogP contribution in [-0.2, 0) is 11.2 Å². The predicted molar refractivity (Wildman–Crippen MR) is 62.0 cm³/mol. The van der Waals surface area contributed by atoms with E-state index in [-0.39, 0.29) is 0 Å². The van der Waals surface area contributed by atoms with Crippen molar-refractivity contribution in [1.29, 1.82) is 0 Å². The zero-order valence-corrected chi connectivity index (χ0v) is 9.52. The molecular weight excluding hydrogens is 204 g/mol. The van der Waals surface area contributed by atoms with Gasteiger partial charge in [-0.2, -0.15) is 0 Å². The van der Waals surface area contributed by atoms with Gasteiger partial charge in [0.15, 0.2) is 0 Å². The molecule has 0 aromatic carbocycles. The summed E-state index contributed by atoms with van der Waals surface area (Å²) in [4.78, 5) is 4.01. The number of hydrogen-bond acceptors (Lipinski definition) is 4. The lowest BCUT2D eigenvalue weighted by Gasteiger charge is -2.29. The van der Waals surface area contributed by atoms with E-state index in [0.717, 1.165) is 25.0 Å². The summed E-state index contributed by atoms with van der Waals surface area (Å²) in [6.45, 7) is 2.69. The molecule has 2 rings (SSSR count). The normalized spacial score (nSPS) is 26.9. The van der Waals surface area contributed by atoms with Gasteiger partial charge in [-0.15, -0.1) is 0 Å². The maximum Gasteiger partial charge on any atom is 0.126 e. The smallest absolute Gasteiger partial charge is 0.126 e. The number of ether oxygens (including phenoxy) is 1. The van der Waals surface area contributed by atoms with E-state index in [0.29, 0.717) is 12.2 Å². The molecule has 1 aromatic heterocycles. The average Bonchev–Trinajstić information content (AvgIpc) is 2.70. The molecular formula is C12H18N2O2. The first-order valence-electron chi connectivity index (χ1n) is 5.63. The van der Waals surface area contributed by atoms with Gasteiger partial charge in [0.05, 0.1) is 11.7 Å². The number of aliphatic hydroxyl groups is 1. The lowest BCUT2D eigenvalue weighted by atomic mass is 9.91. The molecule has 1 aromatic rings. The standard InChI is InChI=1S/C12H18N2O2/c1-12(5-3-7-16-12)10(15)8-9-4-2-6-14-11(9)13/h2,4,6,10,15H,3,5,7-8H2,1H3,(H2,13,14). The molecule has 4 heteroatoms. The van der Waals surface area contributed by atoms with Gasteiger partial charge in [-0.1, -0.05) is 6.07 Å². The molecule has 1 saturated heterocycles. The van der Waals surface area contributed by atoms with E-state index in [2.05, 4.69) is 4.98 Å². The average molecular weight is 222 g/mol. The van der Waals surface area contributed by atoms with E-state index in [1.807, 2.05) is 19.1 Å². The SMILES string of the molecule is CC1(C(O)Cc2cccnc2N)CCCO1. The number of nitrogen functional groups attached to an aromatic ring is 1. The Morgan fingerprint density at radius 3 is 3.12 bits per heavy atom. The molecule has 0 spiro atoms. The lowest BCUT2D eigenvalue weighted by Crippen LogP contribution is -2.40. The van der Waals surface area contributed by atoms with E-state index in [1.54, 1.807) is 6.20 Å². The van der Waals surface area contributed by atoms with Crippen molar-refractivity contribution < 1.29 is 9.84 Å². The minimum Gasteiger partial charge on any atom is -0.390 e. The molecule has 3 N–H and O–H groups in total. The van der Waals surface area contributed by atoms with Crippen LogP contribution in [0.3, 0.4) is 0 Å². The van der Waals surface area contributed by atoms with Gasteiger partial charge in [0.2, 0.25) is 0 Å². The van der Waals surface area contributed by atoms with Gasteiger partial charge in [-0.3, -0.25) is 0 Å². The van der Waals surface area contributed by atoms with Crippen LogP contribution >= 0.6 is 0 Å². The van der Waals surface area contributed by atoms with Gasteiger partial charge in [-0.25, -0.2) is 4.98 Å². The molecule has 2 heterocycles. The van der Waals surface area contributed by atoms with Crippen molar-refractivity contribution in [2.75, 3.05) is 12.3 Å². The van der Waals surface area contributed by atoms with Crippen molar-refractivity contribution >= 4 is 5.82 Å². The molecule has 0 bridgehead atoms. The van der Waals surface area contributed by atoms with E-state index < -0.39 is 11.7 Å². The third-order valence-corrected chi connectivity index (χ3v) is 3.29. The van der Waals surface area contributed by atoms with Crippen molar-refractivity contribution in [3.63, 3.8) is 0 Å². The Morgan fingerprint density at radius 2 is 2.50 bits per heavy atom. The Balaban J connectivity index is 2.07.